The van der Waals surface area contributed by atoms with Crippen molar-refractivity contribution in [2.24, 2.45) is 0 Å². The van der Waals surface area contributed by atoms with Gasteiger partial charge in [-0.15, -0.1) is 0 Å². The number of aliphatic hydroxyl groups excluding tert-OH is 3. The first-order valence-electron chi connectivity index (χ1n) is 7.34. The van der Waals surface area contributed by atoms with E-state index >= 15 is 0 Å². The summed E-state index contributed by atoms with van der Waals surface area (Å²) in [5, 5.41) is 29.6. The van der Waals surface area contributed by atoms with Crippen LogP contribution in [0, 0.1) is 0 Å². The Bertz CT molecular complexity index is 780. The average molecular weight is 353 g/mol. The van der Waals surface area contributed by atoms with Crippen molar-refractivity contribution in [2.75, 3.05) is 12.3 Å². The number of aromatic nitrogens is 4. The lowest BCUT2D eigenvalue weighted by atomic mass is 9.99. The third-order valence-corrected chi connectivity index (χ3v) is 3.84. The average Bonchev–Trinajstić information content (AvgIpc) is 3.11. The van der Waals surface area contributed by atoms with Crippen LogP contribution in [0.5, 0.6) is 0 Å². The minimum Gasteiger partial charge on any atom is -0.394 e. The number of aldehydes is 1. The van der Waals surface area contributed by atoms with E-state index in [1.165, 1.54) is 31.1 Å². The van der Waals surface area contributed by atoms with E-state index in [9.17, 15) is 20.1 Å². The number of nitrogens with two attached hydrogens (primary N) is 1. The van der Waals surface area contributed by atoms with E-state index in [0.29, 0.717) is 0 Å². The zero-order valence-corrected chi connectivity index (χ0v) is 13.6. The van der Waals surface area contributed by atoms with Crippen molar-refractivity contribution in [3.8, 4) is 0 Å². The second-order valence-electron chi connectivity index (χ2n) is 5.31. The van der Waals surface area contributed by atoms with Crippen molar-refractivity contribution in [3.63, 3.8) is 0 Å². The molecule has 0 spiro atoms. The minimum absolute atomic E-state index is 0.106. The van der Waals surface area contributed by atoms with Crippen LogP contribution in [0.4, 0.5) is 5.82 Å². The third-order valence-electron chi connectivity index (χ3n) is 3.84. The predicted molar refractivity (Wildman–Crippen MR) is 84.1 cm³/mol. The molecule has 2 aromatic rings. The molecule has 0 aromatic carbocycles. The summed E-state index contributed by atoms with van der Waals surface area (Å²) in [6.07, 6.45) is -0.991. The summed E-state index contributed by atoms with van der Waals surface area (Å²) in [4.78, 5) is 32.8. The van der Waals surface area contributed by atoms with Gasteiger partial charge in [0, 0.05) is 0 Å². The lowest BCUT2D eigenvalue weighted by Gasteiger charge is -2.30. The monoisotopic (exact) mass is 353 g/mol. The highest BCUT2D eigenvalue weighted by Gasteiger charge is 2.59. The maximum Gasteiger partial charge on any atom is 0.236 e. The number of nitrogen functional groups attached to an aromatic ring is 1. The zero-order valence-electron chi connectivity index (χ0n) is 13.6. The predicted octanol–water partition coefficient (Wildman–Crippen LogP) is -2.03. The number of aliphatic hydroxyl groups is 3. The van der Waals surface area contributed by atoms with Gasteiger partial charge in [0.1, 0.15) is 42.8 Å². The van der Waals surface area contributed by atoms with Crippen LogP contribution in [0.1, 0.15) is 13.8 Å². The minimum atomic E-state index is -1.94. The molecule has 5 N–H and O–H groups in total. The van der Waals surface area contributed by atoms with Crippen LogP contribution in [0.3, 0.4) is 0 Å². The summed E-state index contributed by atoms with van der Waals surface area (Å²) >= 11 is 0. The van der Waals surface area contributed by atoms with Crippen LogP contribution in [0.25, 0.3) is 11.2 Å². The molecule has 4 atom stereocenters. The first-order valence-corrected chi connectivity index (χ1v) is 7.34. The van der Waals surface area contributed by atoms with Crippen molar-refractivity contribution < 1.29 is 29.6 Å². The second kappa shape index (κ2) is 7.19. The number of anilines is 1. The number of hydrogen-bond acceptors (Lipinski definition) is 10. The van der Waals surface area contributed by atoms with Crippen molar-refractivity contribution in [1.29, 1.82) is 0 Å². The van der Waals surface area contributed by atoms with E-state index in [4.69, 9.17) is 15.3 Å². The van der Waals surface area contributed by atoms with Gasteiger partial charge in [-0.2, -0.15) is 0 Å². The Hall–Kier alpha value is -2.47. The summed E-state index contributed by atoms with van der Waals surface area (Å²) in [5.41, 5.74) is 4.17. The molecule has 3 heterocycles. The van der Waals surface area contributed by atoms with Crippen molar-refractivity contribution in [3.05, 3.63) is 12.7 Å². The molecule has 11 heteroatoms. The molecule has 3 rings (SSSR count). The molecular formula is C14H19N5O6. The fourth-order valence-electron chi connectivity index (χ4n) is 2.71. The molecule has 1 aliphatic rings. The van der Waals surface area contributed by atoms with Gasteiger partial charge in [-0.3, -0.25) is 9.36 Å². The van der Waals surface area contributed by atoms with Gasteiger partial charge in [0.05, 0.1) is 6.61 Å². The quantitative estimate of drug-likeness (QED) is 0.450. The number of carbonyl (C=O) groups is 2. The first kappa shape index (κ1) is 18.9. The van der Waals surface area contributed by atoms with Crippen molar-refractivity contribution >= 4 is 29.1 Å². The van der Waals surface area contributed by atoms with Crippen molar-refractivity contribution in [1.82, 2.24) is 19.5 Å². The van der Waals surface area contributed by atoms with Crippen LogP contribution in [-0.4, -0.2) is 71.8 Å². The SMILES string of the molecule is CC(=O)[C@@]1(n2cnc3c(N)ncnc32)O[C@H](CO)[C@@H](O)[C@H]1O.CC=O. The Kier molecular flexibility index (Phi) is 5.42. The maximum absolute atomic E-state index is 12.2. The Morgan fingerprint density at radius 1 is 1.44 bits per heavy atom. The Labute approximate surface area is 142 Å². The van der Waals surface area contributed by atoms with Gasteiger partial charge in [0.15, 0.2) is 17.2 Å². The lowest BCUT2D eigenvalue weighted by molar-refractivity contribution is -0.171. The molecule has 25 heavy (non-hydrogen) atoms. The molecule has 1 fully saturated rings. The molecule has 0 bridgehead atoms. The van der Waals surface area contributed by atoms with E-state index in [0.717, 1.165) is 6.29 Å². The Morgan fingerprint density at radius 3 is 2.60 bits per heavy atom. The summed E-state index contributed by atoms with van der Waals surface area (Å²) < 4.78 is 6.70. The molecule has 0 saturated carbocycles. The fraction of sp³-hybridized carbons (Fsp3) is 0.500. The van der Waals surface area contributed by atoms with E-state index in [1.807, 2.05) is 0 Å². The number of imidazole rings is 1. The molecule has 0 amide bonds. The van der Waals surface area contributed by atoms with Gasteiger partial charge >= 0.3 is 0 Å². The highest BCUT2D eigenvalue weighted by molar-refractivity contribution is 5.88. The largest absolute Gasteiger partial charge is 0.394 e. The number of ether oxygens (including phenoxy) is 1. The van der Waals surface area contributed by atoms with Crippen LogP contribution >= 0.6 is 0 Å². The number of ketones is 1. The summed E-state index contributed by atoms with van der Waals surface area (Å²) in [6.45, 7) is 2.09. The molecule has 0 aliphatic carbocycles. The smallest absolute Gasteiger partial charge is 0.236 e. The van der Waals surface area contributed by atoms with Gasteiger partial charge in [0.2, 0.25) is 5.72 Å². The van der Waals surface area contributed by atoms with Gasteiger partial charge in [-0.25, -0.2) is 15.0 Å². The zero-order chi connectivity index (χ0) is 18.8. The fourth-order valence-corrected chi connectivity index (χ4v) is 2.71. The highest BCUT2D eigenvalue weighted by Crippen LogP contribution is 2.38. The molecule has 0 radical (unpaired) electrons. The van der Waals surface area contributed by atoms with E-state index in [-0.39, 0.29) is 17.0 Å². The summed E-state index contributed by atoms with van der Waals surface area (Å²) in [5.74, 6) is -0.472. The molecule has 136 valence electrons. The Balaban J connectivity index is 0.000000701. The summed E-state index contributed by atoms with van der Waals surface area (Å²) in [7, 11) is 0. The number of Topliss-reactive ketones (excluding diaryl/α,β-unsaturated/α-hetero) is 1. The van der Waals surface area contributed by atoms with Gasteiger partial charge in [-0.05, 0) is 13.8 Å². The maximum atomic E-state index is 12.2. The van der Waals surface area contributed by atoms with Gasteiger partial charge in [-0.1, -0.05) is 0 Å². The number of fused-ring (bicyclic) bond motifs is 1. The molecule has 1 saturated heterocycles. The Morgan fingerprint density at radius 2 is 2.08 bits per heavy atom. The number of hydrogen-bond donors (Lipinski definition) is 4. The topological polar surface area (TPSA) is 174 Å². The van der Waals surface area contributed by atoms with Crippen LogP contribution in [0.15, 0.2) is 12.7 Å². The molecule has 11 nitrogen and oxygen atoms in total. The van der Waals surface area contributed by atoms with Crippen LogP contribution < -0.4 is 5.73 Å². The van der Waals surface area contributed by atoms with Gasteiger partial charge < -0.3 is 30.6 Å². The number of rotatable bonds is 3. The lowest BCUT2D eigenvalue weighted by Crippen LogP contribution is -2.50. The standard InChI is InChI=1S/C12H15N5O5.C2H4O/c1-5(19)12(9(21)8(20)6(2-18)22-12)17-4-16-7-10(13)14-3-15-11(7)17;1-2-3/h3-4,6,8-9,18,20-21H,2H2,1H3,(H2,13,14,15);2H,1H3/t6-,8-,9-,12-;/m1./s1. The second-order valence-corrected chi connectivity index (χ2v) is 5.31. The van der Waals surface area contributed by atoms with E-state index in [2.05, 4.69) is 15.0 Å². The van der Waals surface area contributed by atoms with Crippen LogP contribution in [0.2, 0.25) is 0 Å². The molecular weight excluding hydrogens is 334 g/mol. The van der Waals surface area contributed by atoms with Gasteiger partial charge in [0.25, 0.3) is 0 Å². The summed E-state index contributed by atoms with van der Waals surface area (Å²) in [6, 6.07) is 0. The van der Waals surface area contributed by atoms with Crippen molar-refractivity contribution in [2.45, 2.75) is 37.9 Å². The normalized spacial score (nSPS) is 28.4. The molecule has 0 unspecified atom stereocenters. The van der Waals surface area contributed by atoms with E-state index in [1.54, 1.807) is 0 Å². The highest BCUT2D eigenvalue weighted by atomic mass is 16.6. The van der Waals surface area contributed by atoms with E-state index < -0.39 is 36.4 Å². The van der Waals surface area contributed by atoms with Crippen LogP contribution in [-0.2, 0) is 20.1 Å². The number of nitrogens with zero attached hydrogens (tertiary/aromatic N) is 4. The third kappa shape index (κ3) is 2.87. The number of carbonyl (C=O) groups excluding carboxylic acids is 2. The molecule has 2 aromatic heterocycles. The first-order chi connectivity index (χ1) is 11.8. The molecule has 1 aliphatic heterocycles.